The van der Waals surface area contributed by atoms with Crippen molar-refractivity contribution in [1.29, 1.82) is 0 Å². The number of hydrogen-bond donors (Lipinski definition) is 1. The van der Waals surface area contributed by atoms with Crippen LogP contribution in [0.5, 0.6) is 0 Å². The van der Waals surface area contributed by atoms with E-state index in [2.05, 4.69) is 24.3 Å². The van der Waals surface area contributed by atoms with Gasteiger partial charge in [0.2, 0.25) is 0 Å². The van der Waals surface area contributed by atoms with Gasteiger partial charge in [-0.25, -0.2) is 0 Å². The van der Waals surface area contributed by atoms with Crippen LogP contribution in [0.4, 0.5) is 0 Å². The van der Waals surface area contributed by atoms with E-state index in [9.17, 15) is 4.79 Å². The molecule has 0 aliphatic heterocycles. The van der Waals surface area contributed by atoms with E-state index < -0.39 is 0 Å². The molecule has 2 aromatic rings. The van der Waals surface area contributed by atoms with Crippen LogP contribution in [-0.4, -0.2) is 12.3 Å². The molecule has 0 unspecified atom stereocenters. The van der Waals surface area contributed by atoms with E-state index in [4.69, 9.17) is 5.73 Å². The Labute approximate surface area is 112 Å². The Morgan fingerprint density at radius 3 is 2.05 bits per heavy atom. The molecule has 94 valence electrons. The smallest absolute Gasteiger partial charge is 0.146 e. The van der Waals surface area contributed by atoms with Crippen LogP contribution in [0.1, 0.15) is 34.6 Å². The number of hydrogen-bond acceptors (Lipinski definition) is 2. The minimum absolute atomic E-state index is 0.0826. The SMILES string of the molecule is NCC12CC(=O)C(c3ccccc31)c1ccccc12. The predicted molar refractivity (Wildman–Crippen MR) is 74.2 cm³/mol. The van der Waals surface area contributed by atoms with Crippen molar-refractivity contribution in [3.05, 3.63) is 70.8 Å². The Kier molecular flexibility index (Phi) is 2.04. The zero-order valence-electron chi connectivity index (χ0n) is 10.6. The maximum absolute atomic E-state index is 12.5. The molecule has 0 aromatic heterocycles. The van der Waals surface area contributed by atoms with E-state index in [-0.39, 0.29) is 11.3 Å². The molecule has 0 radical (unpaired) electrons. The number of ketones is 1. The van der Waals surface area contributed by atoms with Crippen LogP contribution in [-0.2, 0) is 10.2 Å². The van der Waals surface area contributed by atoms with E-state index in [1.54, 1.807) is 0 Å². The second kappa shape index (κ2) is 3.55. The van der Waals surface area contributed by atoms with Crippen molar-refractivity contribution < 1.29 is 4.79 Å². The number of fused-ring (bicyclic) bond motifs is 1. The maximum Gasteiger partial charge on any atom is 0.146 e. The van der Waals surface area contributed by atoms with Crippen LogP contribution in [0.3, 0.4) is 0 Å². The molecule has 19 heavy (non-hydrogen) atoms. The van der Waals surface area contributed by atoms with Gasteiger partial charge in [0.1, 0.15) is 5.78 Å². The summed E-state index contributed by atoms with van der Waals surface area (Å²) in [5.41, 5.74) is 10.6. The summed E-state index contributed by atoms with van der Waals surface area (Å²) >= 11 is 0. The summed E-state index contributed by atoms with van der Waals surface area (Å²) in [4.78, 5) is 12.5. The quantitative estimate of drug-likeness (QED) is 0.843. The first-order valence-corrected chi connectivity index (χ1v) is 6.69. The molecule has 2 aromatic carbocycles. The fourth-order valence-corrected chi connectivity index (χ4v) is 3.91. The van der Waals surface area contributed by atoms with Gasteiger partial charge in [-0.1, -0.05) is 48.5 Å². The van der Waals surface area contributed by atoms with Gasteiger partial charge >= 0.3 is 0 Å². The molecule has 0 saturated carbocycles. The Morgan fingerprint density at radius 2 is 1.53 bits per heavy atom. The van der Waals surface area contributed by atoms with Crippen molar-refractivity contribution >= 4 is 5.78 Å². The normalized spacial score (nSPS) is 27.0. The Bertz CT molecular complexity index is 642. The summed E-state index contributed by atoms with van der Waals surface area (Å²) in [5, 5.41) is 0. The number of carbonyl (C=O) groups is 1. The Morgan fingerprint density at radius 1 is 1.00 bits per heavy atom. The molecule has 2 heteroatoms. The molecular formula is C17H15NO. The summed E-state index contributed by atoms with van der Waals surface area (Å²) in [6.45, 7) is 0.486. The molecule has 0 fully saturated rings. The van der Waals surface area contributed by atoms with Crippen molar-refractivity contribution in [2.45, 2.75) is 17.8 Å². The largest absolute Gasteiger partial charge is 0.329 e. The number of nitrogens with two attached hydrogens (primary N) is 1. The van der Waals surface area contributed by atoms with Crippen molar-refractivity contribution in [3.63, 3.8) is 0 Å². The minimum atomic E-state index is -0.307. The van der Waals surface area contributed by atoms with Crippen LogP contribution in [0.25, 0.3) is 0 Å². The number of benzene rings is 2. The van der Waals surface area contributed by atoms with Gasteiger partial charge in [-0.2, -0.15) is 0 Å². The highest BCUT2D eigenvalue weighted by Gasteiger charge is 2.51. The first-order valence-electron chi connectivity index (χ1n) is 6.69. The molecule has 2 nitrogen and oxygen atoms in total. The predicted octanol–water partition coefficient (Wildman–Crippen LogP) is 2.35. The topological polar surface area (TPSA) is 43.1 Å². The Balaban J connectivity index is 2.14. The third-order valence-electron chi connectivity index (χ3n) is 4.72. The van der Waals surface area contributed by atoms with Crippen molar-refractivity contribution in [2.75, 3.05) is 6.54 Å². The highest BCUT2D eigenvalue weighted by molar-refractivity contribution is 5.96. The summed E-state index contributed by atoms with van der Waals surface area (Å²) < 4.78 is 0. The third kappa shape index (κ3) is 1.17. The highest BCUT2D eigenvalue weighted by Crippen LogP contribution is 2.53. The van der Waals surface area contributed by atoms with E-state index in [0.29, 0.717) is 18.7 Å². The Hall–Kier alpha value is -1.93. The molecule has 2 bridgehead atoms. The number of rotatable bonds is 1. The van der Waals surface area contributed by atoms with Gasteiger partial charge in [-0.15, -0.1) is 0 Å². The molecule has 0 amide bonds. The first-order chi connectivity index (χ1) is 9.28. The average molecular weight is 249 g/mol. The lowest BCUT2D eigenvalue weighted by molar-refractivity contribution is -0.121. The molecule has 0 saturated heterocycles. The maximum atomic E-state index is 12.5. The molecular weight excluding hydrogens is 234 g/mol. The molecule has 0 spiro atoms. The summed E-state index contributed by atoms with van der Waals surface area (Å²) in [5.74, 6) is 0.226. The van der Waals surface area contributed by atoms with Gasteiger partial charge < -0.3 is 5.73 Å². The van der Waals surface area contributed by atoms with Gasteiger partial charge in [0.25, 0.3) is 0 Å². The van der Waals surface area contributed by atoms with E-state index in [1.165, 1.54) is 11.1 Å². The minimum Gasteiger partial charge on any atom is -0.329 e. The highest BCUT2D eigenvalue weighted by atomic mass is 16.1. The molecule has 3 aliphatic carbocycles. The standard InChI is InChI=1S/C17H15NO/c18-10-17-9-15(19)16(11-5-1-3-7-13(11)17)12-6-2-4-8-14(12)17/h1-8,16H,9-10,18H2. The van der Waals surface area contributed by atoms with Gasteiger partial charge in [-0.05, 0) is 22.3 Å². The van der Waals surface area contributed by atoms with Gasteiger partial charge in [0.15, 0.2) is 0 Å². The van der Waals surface area contributed by atoms with Crippen molar-refractivity contribution in [3.8, 4) is 0 Å². The number of Topliss-reactive ketones (excluding diaryl/α,β-unsaturated/α-hetero) is 1. The third-order valence-corrected chi connectivity index (χ3v) is 4.72. The van der Waals surface area contributed by atoms with Crippen LogP contribution in [0, 0.1) is 0 Å². The molecule has 2 N–H and O–H groups in total. The van der Waals surface area contributed by atoms with E-state index >= 15 is 0 Å². The van der Waals surface area contributed by atoms with Crippen LogP contribution < -0.4 is 5.73 Å². The zero-order chi connectivity index (χ0) is 13.0. The van der Waals surface area contributed by atoms with Crippen LogP contribution in [0.15, 0.2) is 48.5 Å². The summed E-state index contributed by atoms with van der Waals surface area (Å²) in [6.07, 6.45) is 0.544. The lowest BCUT2D eigenvalue weighted by Gasteiger charge is -2.47. The summed E-state index contributed by atoms with van der Waals surface area (Å²) in [6, 6.07) is 16.6. The zero-order valence-corrected chi connectivity index (χ0v) is 10.6. The van der Waals surface area contributed by atoms with Gasteiger partial charge in [0, 0.05) is 18.4 Å². The van der Waals surface area contributed by atoms with E-state index in [0.717, 1.165) is 11.1 Å². The lowest BCUT2D eigenvalue weighted by atomic mass is 9.55. The average Bonchev–Trinajstić information content (AvgIpc) is 2.47. The van der Waals surface area contributed by atoms with Crippen molar-refractivity contribution in [2.24, 2.45) is 5.73 Å². The van der Waals surface area contributed by atoms with Gasteiger partial charge in [-0.3, -0.25) is 4.79 Å². The van der Waals surface area contributed by atoms with Crippen molar-refractivity contribution in [1.82, 2.24) is 0 Å². The summed E-state index contributed by atoms with van der Waals surface area (Å²) in [7, 11) is 0. The molecule has 5 rings (SSSR count). The van der Waals surface area contributed by atoms with Crippen LogP contribution >= 0.6 is 0 Å². The lowest BCUT2D eigenvalue weighted by Crippen LogP contribution is -2.49. The second-order valence-corrected chi connectivity index (χ2v) is 5.54. The van der Waals surface area contributed by atoms with E-state index in [1.807, 2.05) is 24.3 Å². The molecule has 0 atom stereocenters. The fourth-order valence-electron chi connectivity index (χ4n) is 3.91. The number of carbonyl (C=O) groups excluding carboxylic acids is 1. The molecule has 3 aliphatic rings. The van der Waals surface area contributed by atoms with Crippen LogP contribution in [0.2, 0.25) is 0 Å². The molecule has 0 heterocycles. The first kappa shape index (κ1) is 10.9. The second-order valence-electron chi connectivity index (χ2n) is 5.54. The fraction of sp³-hybridized carbons (Fsp3) is 0.235. The monoisotopic (exact) mass is 249 g/mol. The van der Waals surface area contributed by atoms with Gasteiger partial charge in [0.05, 0.1) is 5.92 Å².